The summed E-state index contributed by atoms with van der Waals surface area (Å²) in [5.41, 5.74) is 5.18. The third-order valence-electron chi connectivity index (χ3n) is 5.47. The highest BCUT2D eigenvalue weighted by atomic mass is 16.6. The van der Waals surface area contributed by atoms with Gasteiger partial charge in [-0.25, -0.2) is 4.79 Å². The van der Waals surface area contributed by atoms with E-state index in [1.165, 1.54) is 16.7 Å². The van der Waals surface area contributed by atoms with Crippen molar-refractivity contribution in [2.45, 2.75) is 32.2 Å². The maximum Gasteiger partial charge on any atom is 0.410 e. The SMILES string of the molecule is CCOC(=O)N1CC2CCC1C(c1cccnc1)=C2Cc1ccccc1. The minimum absolute atomic E-state index is 0.0852. The lowest BCUT2D eigenvalue weighted by molar-refractivity contribution is 0.0742. The normalized spacial score (nSPS) is 21.8. The maximum absolute atomic E-state index is 12.5. The lowest BCUT2D eigenvalue weighted by Gasteiger charge is -2.47. The van der Waals surface area contributed by atoms with Crippen molar-refractivity contribution in [1.82, 2.24) is 9.88 Å². The van der Waals surface area contributed by atoms with Crippen molar-refractivity contribution >= 4 is 11.7 Å². The van der Waals surface area contributed by atoms with E-state index in [1.54, 1.807) is 6.20 Å². The fourth-order valence-corrected chi connectivity index (χ4v) is 4.35. The van der Waals surface area contributed by atoms with E-state index in [2.05, 4.69) is 41.4 Å². The molecule has 2 atom stereocenters. The minimum atomic E-state index is -0.192. The van der Waals surface area contributed by atoms with Gasteiger partial charge in [-0.05, 0) is 54.9 Å². The molecule has 1 aromatic carbocycles. The second-order valence-electron chi connectivity index (χ2n) is 6.98. The van der Waals surface area contributed by atoms with Crippen LogP contribution in [0.4, 0.5) is 4.79 Å². The first-order valence-corrected chi connectivity index (χ1v) is 9.38. The Bertz CT molecular complexity index is 801. The Labute approximate surface area is 154 Å². The Morgan fingerprint density at radius 2 is 2.04 bits per heavy atom. The summed E-state index contributed by atoms with van der Waals surface area (Å²) in [6.07, 6.45) is 6.58. The zero-order valence-electron chi connectivity index (χ0n) is 15.1. The standard InChI is InChI=1S/C22H24N2O2/c1-2-26-22(25)24-15-18-10-11-20(24)21(17-9-6-12-23-14-17)19(18)13-16-7-4-3-5-8-16/h3-9,12,14,18,20H,2,10-11,13,15H2,1H3. The molecule has 0 radical (unpaired) electrons. The summed E-state index contributed by atoms with van der Waals surface area (Å²) >= 11 is 0. The second kappa shape index (κ2) is 7.32. The van der Waals surface area contributed by atoms with E-state index in [4.69, 9.17) is 4.74 Å². The van der Waals surface area contributed by atoms with Gasteiger partial charge in [-0.1, -0.05) is 42.0 Å². The molecule has 1 fully saturated rings. The van der Waals surface area contributed by atoms with Crippen LogP contribution in [-0.4, -0.2) is 35.2 Å². The highest BCUT2D eigenvalue weighted by Crippen LogP contribution is 2.45. The molecule has 2 bridgehead atoms. The molecule has 0 saturated carbocycles. The van der Waals surface area contributed by atoms with Crippen LogP contribution in [0.5, 0.6) is 0 Å². The molecule has 4 heteroatoms. The first-order chi connectivity index (χ1) is 12.8. The molecule has 26 heavy (non-hydrogen) atoms. The number of piperidine rings is 1. The molecular weight excluding hydrogens is 324 g/mol. The quantitative estimate of drug-likeness (QED) is 0.826. The number of rotatable bonds is 4. The van der Waals surface area contributed by atoms with E-state index in [0.29, 0.717) is 12.5 Å². The van der Waals surface area contributed by atoms with Gasteiger partial charge in [-0.15, -0.1) is 0 Å². The van der Waals surface area contributed by atoms with E-state index in [0.717, 1.165) is 31.4 Å². The van der Waals surface area contributed by atoms with Crippen molar-refractivity contribution in [2.75, 3.05) is 13.2 Å². The van der Waals surface area contributed by atoms with Gasteiger partial charge >= 0.3 is 6.09 Å². The number of fused-ring (bicyclic) bond motifs is 2. The topological polar surface area (TPSA) is 42.4 Å². The molecule has 2 aromatic rings. The number of hydrogen-bond acceptors (Lipinski definition) is 3. The number of ether oxygens (including phenoxy) is 1. The third-order valence-corrected chi connectivity index (χ3v) is 5.47. The summed E-state index contributed by atoms with van der Waals surface area (Å²) in [4.78, 5) is 18.7. The number of pyridine rings is 1. The summed E-state index contributed by atoms with van der Waals surface area (Å²) in [6.45, 7) is 3.03. The lowest BCUT2D eigenvalue weighted by atomic mass is 9.71. The molecule has 0 spiro atoms. The summed E-state index contributed by atoms with van der Waals surface area (Å²) in [6, 6.07) is 14.8. The van der Waals surface area contributed by atoms with Crippen molar-refractivity contribution in [3.05, 3.63) is 71.6 Å². The summed E-state index contributed by atoms with van der Waals surface area (Å²) < 4.78 is 5.32. The smallest absolute Gasteiger partial charge is 0.410 e. The van der Waals surface area contributed by atoms with Crippen molar-refractivity contribution in [2.24, 2.45) is 5.92 Å². The van der Waals surface area contributed by atoms with Gasteiger partial charge in [0.2, 0.25) is 0 Å². The Kier molecular flexibility index (Phi) is 4.74. The molecule has 2 aliphatic heterocycles. The summed E-state index contributed by atoms with van der Waals surface area (Å²) in [5.74, 6) is 0.389. The van der Waals surface area contributed by atoms with E-state index < -0.39 is 0 Å². The highest BCUT2D eigenvalue weighted by molar-refractivity contribution is 5.80. The molecule has 1 aliphatic carbocycles. The van der Waals surface area contributed by atoms with Gasteiger partial charge in [-0.3, -0.25) is 4.98 Å². The molecule has 1 saturated heterocycles. The Morgan fingerprint density at radius 3 is 2.77 bits per heavy atom. The van der Waals surface area contributed by atoms with Crippen LogP contribution >= 0.6 is 0 Å². The molecule has 134 valence electrons. The van der Waals surface area contributed by atoms with Crippen molar-refractivity contribution in [1.29, 1.82) is 0 Å². The van der Waals surface area contributed by atoms with Gasteiger partial charge < -0.3 is 9.64 Å². The Balaban J connectivity index is 1.76. The van der Waals surface area contributed by atoms with Crippen molar-refractivity contribution < 1.29 is 9.53 Å². The molecule has 3 heterocycles. The van der Waals surface area contributed by atoms with E-state index >= 15 is 0 Å². The molecule has 1 aromatic heterocycles. The molecule has 3 aliphatic rings. The monoisotopic (exact) mass is 348 g/mol. The largest absolute Gasteiger partial charge is 0.450 e. The van der Waals surface area contributed by atoms with Gasteiger partial charge in [-0.2, -0.15) is 0 Å². The maximum atomic E-state index is 12.5. The van der Waals surface area contributed by atoms with E-state index in [1.807, 2.05) is 24.1 Å². The zero-order chi connectivity index (χ0) is 17.9. The average Bonchev–Trinajstić information content (AvgIpc) is 2.70. The van der Waals surface area contributed by atoms with Crippen LogP contribution in [0.25, 0.3) is 5.57 Å². The minimum Gasteiger partial charge on any atom is -0.450 e. The number of carbonyl (C=O) groups excluding carboxylic acids is 1. The third kappa shape index (κ3) is 3.12. The number of hydrogen-bond donors (Lipinski definition) is 0. The molecule has 1 amide bonds. The lowest BCUT2D eigenvalue weighted by Crippen LogP contribution is -2.52. The number of aromatic nitrogens is 1. The molecular formula is C22H24N2O2. The Hall–Kier alpha value is -2.62. The first-order valence-electron chi connectivity index (χ1n) is 9.38. The highest BCUT2D eigenvalue weighted by Gasteiger charge is 2.43. The van der Waals surface area contributed by atoms with Gasteiger partial charge in [0.15, 0.2) is 0 Å². The predicted molar refractivity (Wildman–Crippen MR) is 102 cm³/mol. The van der Waals surface area contributed by atoms with Crippen molar-refractivity contribution in [3.8, 4) is 0 Å². The van der Waals surface area contributed by atoms with Crippen LogP contribution in [0, 0.1) is 5.92 Å². The fraction of sp³-hybridized carbons (Fsp3) is 0.364. The van der Waals surface area contributed by atoms with E-state index in [-0.39, 0.29) is 12.1 Å². The summed E-state index contributed by atoms with van der Waals surface area (Å²) in [7, 11) is 0. The van der Waals surface area contributed by atoms with Crippen LogP contribution < -0.4 is 0 Å². The summed E-state index contributed by atoms with van der Waals surface area (Å²) in [5, 5.41) is 0. The number of amides is 1. The fourth-order valence-electron chi connectivity index (χ4n) is 4.35. The van der Waals surface area contributed by atoms with Crippen LogP contribution in [0.2, 0.25) is 0 Å². The van der Waals surface area contributed by atoms with Gasteiger partial charge in [0.1, 0.15) is 0 Å². The molecule has 2 unspecified atom stereocenters. The van der Waals surface area contributed by atoms with Crippen LogP contribution in [0.15, 0.2) is 60.4 Å². The number of nitrogens with zero attached hydrogens (tertiary/aromatic N) is 2. The van der Waals surface area contributed by atoms with Crippen molar-refractivity contribution in [3.63, 3.8) is 0 Å². The molecule has 0 N–H and O–H groups in total. The van der Waals surface area contributed by atoms with Gasteiger partial charge in [0, 0.05) is 18.9 Å². The van der Waals surface area contributed by atoms with Crippen LogP contribution in [0.3, 0.4) is 0 Å². The number of carbonyl (C=O) groups is 1. The second-order valence-corrected chi connectivity index (χ2v) is 6.98. The average molecular weight is 348 g/mol. The number of benzene rings is 1. The van der Waals surface area contributed by atoms with Crippen LogP contribution in [0.1, 0.15) is 30.9 Å². The first kappa shape index (κ1) is 16.8. The molecule has 5 rings (SSSR count). The zero-order valence-corrected chi connectivity index (χ0v) is 15.1. The van der Waals surface area contributed by atoms with Gasteiger partial charge in [0.25, 0.3) is 0 Å². The predicted octanol–water partition coefficient (Wildman–Crippen LogP) is 4.33. The van der Waals surface area contributed by atoms with Gasteiger partial charge in [0.05, 0.1) is 12.6 Å². The molecule has 4 nitrogen and oxygen atoms in total. The van der Waals surface area contributed by atoms with Crippen LogP contribution in [-0.2, 0) is 11.2 Å². The Morgan fingerprint density at radius 1 is 1.19 bits per heavy atom. The van der Waals surface area contributed by atoms with E-state index in [9.17, 15) is 4.79 Å².